The van der Waals surface area contributed by atoms with Crippen LogP contribution in [0.2, 0.25) is 0 Å². The van der Waals surface area contributed by atoms with Gasteiger partial charge in [-0.25, -0.2) is 4.98 Å². The van der Waals surface area contributed by atoms with Gasteiger partial charge in [0.2, 0.25) is 0 Å². The van der Waals surface area contributed by atoms with Crippen molar-refractivity contribution in [3.63, 3.8) is 0 Å². The van der Waals surface area contributed by atoms with E-state index < -0.39 is 0 Å². The third-order valence-electron chi connectivity index (χ3n) is 3.04. The summed E-state index contributed by atoms with van der Waals surface area (Å²) in [6.07, 6.45) is 1.72. The molecule has 0 unspecified atom stereocenters. The zero-order chi connectivity index (χ0) is 13.2. The van der Waals surface area contributed by atoms with Gasteiger partial charge in [-0.05, 0) is 24.3 Å². The van der Waals surface area contributed by atoms with Crippen LogP contribution in [0.25, 0.3) is 16.7 Å². The van der Waals surface area contributed by atoms with Crippen LogP contribution < -0.4 is 4.74 Å². The predicted octanol–water partition coefficient (Wildman–Crippen LogP) is 2.91. The van der Waals surface area contributed by atoms with Gasteiger partial charge in [0, 0.05) is 6.07 Å². The fraction of sp³-hybridized carbons (Fsp3) is 0.0667. The molecule has 0 amide bonds. The molecule has 0 aliphatic carbocycles. The molecule has 1 aromatic heterocycles. The molecule has 4 heteroatoms. The van der Waals surface area contributed by atoms with Gasteiger partial charge >= 0.3 is 0 Å². The van der Waals surface area contributed by atoms with Crippen LogP contribution in [-0.4, -0.2) is 16.7 Å². The average molecular weight is 249 g/mol. The van der Waals surface area contributed by atoms with Crippen molar-refractivity contribution in [2.45, 2.75) is 0 Å². The quantitative estimate of drug-likeness (QED) is 0.701. The van der Waals surface area contributed by atoms with Crippen LogP contribution >= 0.6 is 0 Å². The lowest BCUT2D eigenvalue weighted by atomic mass is 10.1. The molecule has 0 radical (unpaired) electrons. The molecule has 0 saturated heterocycles. The number of rotatable bonds is 2. The van der Waals surface area contributed by atoms with E-state index in [1.54, 1.807) is 25.6 Å². The predicted molar refractivity (Wildman–Crippen MR) is 72.3 cm³/mol. The Labute approximate surface area is 110 Å². The molecule has 0 fully saturated rings. The van der Waals surface area contributed by atoms with E-state index in [2.05, 4.69) is 11.1 Å². The van der Waals surface area contributed by atoms with Crippen LogP contribution in [0.3, 0.4) is 0 Å². The van der Waals surface area contributed by atoms with Crippen molar-refractivity contribution >= 4 is 11.0 Å². The summed E-state index contributed by atoms with van der Waals surface area (Å²) in [5.41, 5.74) is 3.22. The number of aromatic nitrogens is 2. The highest BCUT2D eigenvalue weighted by atomic mass is 16.5. The van der Waals surface area contributed by atoms with E-state index in [0.717, 1.165) is 16.7 Å². The fourth-order valence-electron chi connectivity index (χ4n) is 2.08. The molecule has 92 valence electrons. The molecule has 0 N–H and O–H groups in total. The maximum Gasteiger partial charge on any atom is 0.121 e. The van der Waals surface area contributed by atoms with Gasteiger partial charge in [0.1, 0.15) is 18.1 Å². The van der Waals surface area contributed by atoms with E-state index in [1.165, 1.54) is 0 Å². The number of para-hydroxylation sites is 2. The fourth-order valence-corrected chi connectivity index (χ4v) is 2.08. The van der Waals surface area contributed by atoms with Crippen molar-refractivity contribution in [1.82, 2.24) is 9.55 Å². The Bertz CT molecular complexity index is 783. The molecule has 0 atom stereocenters. The normalized spacial score (nSPS) is 10.3. The van der Waals surface area contributed by atoms with Gasteiger partial charge in [-0.2, -0.15) is 5.26 Å². The molecule has 3 rings (SSSR count). The molecule has 19 heavy (non-hydrogen) atoms. The zero-order valence-corrected chi connectivity index (χ0v) is 10.4. The molecule has 0 aliphatic heterocycles. The second-order valence-corrected chi connectivity index (χ2v) is 4.10. The summed E-state index contributed by atoms with van der Waals surface area (Å²) < 4.78 is 7.12. The highest BCUT2D eigenvalue weighted by Gasteiger charge is 2.09. The summed E-state index contributed by atoms with van der Waals surface area (Å²) in [6, 6.07) is 15.4. The Morgan fingerprint density at radius 3 is 2.84 bits per heavy atom. The van der Waals surface area contributed by atoms with E-state index in [1.807, 2.05) is 34.9 Å². The first-order valence-corrected chi connectivity index (χ1v) is 5.84. The number of nitrogens with zero attached hydrogens (tertiary/aromatic N) is 3. The summed E-state index contributed by atoms with van der Waals surface area (Å²) in [5, 5.41) is 9.23. The molecule has 0 spiro atoms. The van der Waals surface area contributed by atoms with E-state index in [-0.39, 0.29) is 0 Å². The van der Waals surface area contributed by atoms with Crippen LogP contribution in [0.5, 0.6) is 5.75 Å². The number of imidazole rings is 1. The van der Waals surface area contributed by atoms with Crippen LogP contribution in [0.1, 0.15) is 5.56 Å². The van der Waals surface area contributed by atoms with Crippen molar-refractivity contribution in [2.24, 2.45) is 0 Å². The Morgan fingerprint density at radius 2 is 2.05 bits per heavy atom. The standard InChI is InChI=1S/C15H11N3O/c1-19-12-7-6-11(9-16)15(8-12)18-10-17-13-4-2-3-5-14(13)18/h2-8,10H,1H3. The summed E-state index contributed by atoms with van der Waals surface area (Å²) in [7, 11) is 1.61. The van der Waals surface area contributed by atoms with Gasteiger partial charge in [0.25, 0.3) is 0 Å². The molecular formula is C15H11N3O. The van der Waals surface area contributed by atoms with Crippen LogP contribution in [-0.2, 0) is 0 Å². The lowest BCUT2D eigenvalue weighted by Crippen LogP contribution is -1.97. The minimum atomic E-state index is 0.587. The van der Waals surface area contributed by atoms with Gasteiger partial charge in [-0.3, -0.25) is 4.57 Å². The van der Waals surface area contributed by atoms with Crippen molar-refractivity contribution in [3.8, 4) is 17.5 Å². The lowest BCUT2D eigenvalue weighted by Gasteiger charge is -2.08. The third kappa shape index (κ3) is 1.81. The first-order chi connectivity index (χ1) is 9.33. The minimum absolute atomic E-state index is 0.587. The molecule has 0 aliphatic rings. The number of methoxy groups -OCH3 is 1. The van der Waals surface area contributed by atoms with Gasteiger partial charge in [0.15, 0.2) is 0 Å². The Kier molecular flexibility index (Phi) is 2.66. The maximum absolute atomic E-state index is 9.23. The first-order valence-electron chi connectivity index (χ1n) is 5.84. The SMILES string of the molecule is COc1ccc(C#N)c(-n2cnc3ccccc32)c1. The summed E-state index contributed by atoms with van der Waals surface area (Å²) in [5.74, 6) is 0.715. The van der Waals surface area contributed by atoms with Crippen molar-refractivity contribution < 1.29 is 4.74 Å². The van der Waals surface area contributed by atoms with E-state index in [9.17, 15) is 5.26 Å². The monoisotopic (exact) mass is 249 g/mol. The largest absolute Gasteiger partial charge is 0.497 e. The van der Waals surface area contributed by atoms with E-state index >= 15 is 0 Å². The van der Waals surface area contributed by atoms with Gasteiger partial charge < -0.3 is 4.74 Å². The molecule has 2 aromatic carbocycles. The maximum atomic E-state index is 9.23. The molecule has 0 saturated carbocycles. The van der Waals surface area contributed by atoms with Crippen molar-refractivity contribution in [1.29, 1.82) is 5.26 Å². The smallest absolute Gasteiger partial charge is 0.121 e. The topological polar surface area (TPSA) is 50.8 Å². The summed E-state index contributed by atoms with van der Waals surface area (Å²) in [6.45, 7) is 0. The average Bonchev–Trinajstić information content (AvgIpc) is 2.90. The number of fused-ring (bicyclic) bond motifs is 1. The Morgan fingerprint density at radius 1 is 1.21 bits per heavy atom. The highest BCUT2D eigenvalue weighted by Crippen LogP contribution is 2.24. The molecule has 0 bridgehead atoms. The number of hydrogen-bond acceptors (Lipinski definition) is 3. The number of hydrogen-bond donors (Lipinski definition) is 0. The van der Waals surface area contributed by atoms with Gasteiger partial charge in [-0.15, -0.1) is 0 Å². The van der Waals surface area contributed by atoms with Crippen LogP contribution in [0.4, 0.5) is 0 Å². The van der Waals surface area contributed by atoms with Gasteiger partial charge in [-0.1, -0.05) is 12.1 Å². The first kappa shape index (κ1) is 11.3. The van der Waals surface area contributed by atoms with Gasteiger partial charge in [0.05, 0.1) is 29.4 Å². The van der Waals surface area contributed by atoms with E-state index in [0.29, 0.717) is 11.3 Å². The second kappa shape index (κ2) is 4.46. The van der Waals surface area contributed by atoms with E-state index in [4.69, 9.17) is 4.74 Å². The second-order valence-electron chi connectivity index (χ2n) is 4.10. The molecule has 4 nitrogen and oxygen atoms in total. The van der Waals surface area contributed by atoms with Crippen LogP contribution in [0, 0.1) is 11.3 Å². The Hall–Kier alpha value is -2.80. The van der Waals surface area contributed by atoms with Crippen molar-refractivity contribution in [2.75, 3.05) is 7.11 Å². The molecule has 3 aromatic rings. The van der Waals surface area contributed by atoms with Crippen LogP contribution in [0.15, 0.2) is 48.8 Å². The molecule has 1 heterocycles. The third-order valence-corrected chi connectivity index (χ3v) is 3.04. The minimum Gasteiger partial charge on any atom is -0.497 e. The lowest BCUT2D eigenvalue weighted by molar-refractivity contribution is 0.414. The molecular weight excluding hydrogens is 238 g/mol. The zero-order valence-electron chi connectivity index (χ0n) is 10.4. The number of ether oxygens (including phenoxy) is 1. The number of nitriles is 1. The summed E-state index contributed by atoms with van der Waals surface area (Å²) >= 11 is 0. The Balaban J connectivity index is 2.29. The highest BCUT2D eigenvalue weighted by molar-refractivity contribution is 5.78. The number of benzene rings is 2. The summed E-state index contributed by atoms with van der Waals surface area (Å²) in [4.78, 5) is 4.34. The van der Waals surface area contributed by atoms with Crippen molar-refractivity contribution in [3.05, 3.63) is 54.4 Å².